The number of anilines is 1. The molecule has 2 aromatic rings. The zero-order valence-electron chi connectivity index (χ0n) is 13.7. The molecular formula is C17H18N2O5. The van der Waals surface area contributed by atoms with E-state index in [1.165, 1.54) is 24.1 Å². The molecule has 0 bridgehead atoms. The van der Waals surface area contributed by atoms with Crippen LogP contribution in [0.2, 0.25) is 0 Å². The Bertz CT molecular complexity index is 746. The third kappa shape index (κ3) is 3.45. The average Bonchev–Trinajstić information content (AvgIpc) is 2.61. The van der Waals surface area contributed by atoms with E-state index in [0.29, 0.717) is 12.3 Å². The number of nitro benzene ring substituents is 1. The van der Waals surface area contributed by atoms with Gasteiger partial charge in [-0.15, -0.1) is 0 Å². The highest BCUT2D eigenvalue weighted by Gasteiger charge is 2.27. The van der Waals surface area contributed by atoms with Crippen molar-refractivity contribution in [1.82, 2.24) is 0 Å². The summed E-state index contributed by atoms with van der Waals surface area (Å²) in [5.74, 6) is -0.00520. The second kappa shape index (κ2) is 7.45. The lowest BCUT2D eigenvalue weighted by molar-refractivity contribution is -0.385. The fourth-order valence-corrected chi connectivity index (χ4v) is 2.25. The number of hydrogen-bond donors (Lipinski definition) is 0. The second-order valence-corrected chi connectivity index (χ2v) is 4.91. The normalized spacial score (nSPS) is 10.1. The molecule has 2 rings (SSSR count). The van der Waals surface area contributed by atoms with Crippen molar-refractivity contribution in [1.29, 1.82) is 0 Å². The van der Waals surface area contributed by atoms with Crippen LogP contribution in [0.1, 0.15) is 17.3 Å². The first kappa shape index (κ1) is 17.3. The zero-order chi connectivity index (χ0) is 17.7. The number of nitrogens with zero attached hydrogens (tertiary/aromatic N) is 2. The molecule has 0 spiro atoms. The van der Waals surface area contributed by atoms with Gasteiger partial charge >= 0.3 is 0 Å². The number of carbonyl (C=O) groups excluding carboxylic acids is 1. The molecule has 0 aliphatic heterocycles. The smallest absolute Gasteiger partial charge is 0.286 e. The summed E-state index contributed by atoms with van der Waals surface area (Å²) in [6.07, 6.45) is 0. The Kier molecular flexibility index (Phi) is 5.36. The van der Waals surface area contributed by atoms with Gasteiger partial charge < -0.3 is 14.4 Å². The van der Waals surface area contributed by atoms with Gasteiger partial charge in [0, 0.05) is 18.8 Å². The number of rotatable bonds is 6. The molecule has 2 aromatic carbocycles. The standard InChI is InChI=1S/C17H18N2O5/c1-4-24-16-10-13(14(19(21)22)11-15(16)23-3)17(20)18(2)12-8-6-5-7-9-12/h5-11H,4H2,1-3H3. The number of para-hydroxylation sites is 1. The minimum Gasteiger partial charge on any atom is -0.493 e. The van der Waals surface area contributed by atoms with E-state index in [4.69, 9.17) is 9.47 Å². The first-order valence-electron chi connectivity index (χ1n) is 7.31. The van der Waals surface area contributed by atoms with Crippen molar-refractivity contribution in [2.45, 2.75) is 6.92 Å². The number of ether oxygens (including phenoxy) is 2. The molecular weight excluding hydrogens is 312 g/mol. The monoisotopic (exact) mass is 330 g/mol. The fraction of sp³-hybridized carbons (Fsp3) is 0.235. The Morgan fingerprint density at radius 3 is 2.42 bits per heavy atom. The van der Waals surface area contributed by atoms with Gasteiger partial charge in [-0.1, -0.05) is 18.2 Å². The highest BCUT2D eigenvalue weighted by Crippen LogP contribution is 2.35. The third-order valence-corrected chi connectivity index (χ3v) is 3.46. The molecule has 0 fully saturated rings. The Labute approximate surface area is 139 Å². The molecule has 0 aromatic heterocycles. The van der Waals surface area contributed by atoms with Crippen molar-refractivity contribution in [3.05, 3.63) is 58.1 Å². The van der Waals surface area contributed by atoms with Crippen LogP contribution in [0.4, 0.5) is 11.4 Å². The fourth-order valence-electron chi connectivity index (χ4n) is 2.25. The average molecular weight is 330 g/mol. The summed E-state index contributed by atoms with van der Waals surface area (Å²) in [7, 11) is 2.95. The van der Waals surface area contributed by atoms with Gasteiger partial charge in [-0.25, -0.2) is 0 Å². The summed E-state index contributed by atoms with van der Waals surface area (Å²) in [5, 5.41) is 11.4. The Morgan fingerprint density at radius 2 is 1.88 bits per heavy atom. The molecule has 0 atom stereocenters. The molecule has 0 radical (unpaired) electrons. The molecule has 0 saturated carbocycles. The third-order valence-electron chi connectivity index (χ3n) is 3.46. The van der Waals surface area contributed by atoms with Crippen LogP contribution < -0.4 is 14.4 Å². The number of nitro groups is 1. The Hall–Kier alpha value is -3.09. The summed E-state index contributed by atoms with van der Waals surface area (Å²) >= 11 is 0. The molecule has 7 nitrogen and oxygen atoms in total. The van der Waals surface area contributed by atoms with Crippen LogP contribution in [0.5, 0.6) is 11.5 Å². The predicted molar refractivity (Wildman–Crippen MR) is 90.0 cm³/mol. The van der Waals surface area contributed by atoms with Crippen LogP contribution >= 0.6 is 0 Å². The van der Waals surface area contributed by atoms with E-state index in [-0.39, 0.29) is 22.7 Å². The van der Waals surface area contributed by atoms with Crippen molar-refractivity contribution >= 4 is 17.3 Å². The lowest BCUT2D eigenvalue weighted by atomic mass is 10.1. The molecule has 0 N–H and O–H groups in total. The second-order valence-electron chi connectivity index (χ2n) is 4.91. The Balaban J connectivity index is 2.52. The molecule has 24 heavy (non-hydrogen) atoms. The maximum atomic E-state index is 12.8. The van der Waals surface area contributed by atoms with E-state index in [0.717, 1.165) is 0 Å². The maximum absolute atomic E-state index is 12.8. The van der Waals surface area contributed by atoms with Crippen molar-refractivity contribution in [2.75, 3.05) is 25.7 Å². The highest BCUT2D eigenvalue weighted by atomic mass is 16.6. The summed E-state index contributed by atoms with van der Waals surface area (Å²) in [6, 6.07) is 11.4. The molecule has 0 aliphatic carbocycles. The number of hydrogen-bond acceptors (Lipinski definition) is 5. The molecule has 7 heteroatoms. The topological polar surface area (TPSA) is 81.9 Å². The van der Waals surface area contributed by atoms with Crippen molar-refractivity contribution in [2.24, 2.45) is 0 Å². The van der Waals surface area contributed by atoms with Gasteiger partial charge in [-0.3, -0.25) is 14.9 Å². The van der Waals surface area contributed by atoms with E-state index >= 15 is 0 Å². The summed E-state index contributed by atoms with van der Waals surface area (Å²) in [6.45, 7) is 2.12. The first-order valence-corrected chi connectivity index (χ1v) is 7.31. The van der Waals surface area contributed by atoms with Gasteiger partial charge in [0.1, 0.15) is 5.56 Å². The van der Waals surface area contributed by atoms with Gasteiger partial charge in [0.15, 0.2) is 11.5 Å². The number of benzene rings is 2. The molecule has 126 valence electrons. The first-order chi connectivity index (χ1) is 11.5. The van der Waals surface area contributed by atoms with E-state index in [1.807, 2.05) is 6.07 Å². The van der Waals surface area contributed by atoms with E-state index < -0.39 is 10.8 Å². The maximum Gasteiger partial charge on any atom is 0.286 e. The molecule has 0 aliphatic rings. The largest absolute Gasteiger partial charge is 0.493 e. The number of carbonyl (C=O) groups is 1. The van der Waals surface area contributed by atoms with Crippen LogP contribution in [0.3, 0.4) is 0 Å². The van der Waals surface area contributed by atoms with Gasteiger partial charge in [0.05, 0.1) is 24.7 Å². The quantitative estimate of drug-likeness (QED) is 0.599. The van der Waals surface area contributed by atoms with Crippen LogP contribution in [-0.2, 0) is 0 Å². The summed E-state index contributed by atoms with van der Waals surface area (Å²) in [5.41, 5.74) is 0.240. The van der Waals surface area contributed by atoms with Crippen LogP contribution in [-0.4, -0.2) is 31.6 Å². The van der Waals surface area contributed by atoms with E-state index in [1.54, 1.807) is 38.2 Å². The van der Waals surface area contributed by atoms with Crippen molar-refractivity contribution in [3.8, 4) is 11.5 Å². The number of amides is 1. The lowest BCUT2D eigenvalue weighted by Gasteiger charge is -2.18. The summed E-state index contributed by atoms with van der Waals surface area (Å²) < 4.78 is 10.5. The van der Waals surface area contributed by atoms with Crippen LogP contribution in [0, 0.1) is 10.1 Å². The summed E-state index contributed by atoms with van der Waals surface area (Å²) in [4.78, 5) is 24.9. The number of methoxy groups -OCH3 is 1. The molecule has 0 saturated heterocycles. The van der Waals surface area contributed by atoms with Crippen LogP contribution in [0.25, 0.3) is 0 Å². The highest BCUT2D eigenvalue weighted by molar-refractivity contribution is 6.08. The van der Waals surface area contributed by atoms with E-state index in [9.17, 15) is 14.9 Å². The van der Waals surface area contributed by atoms with E-state index in [2.05, 4.69) is 0 Å². The van der Waals surface area contributed by atoms with Gasteiger partial charge in [0.25, 0.3) is 11.6 Å². The SMILES string of the molecule is CCOc1cc(C(=O)N(C)c2ccccc2)c([N+](=O)[O-])cc1OC. The molecule has 0 heterocycles. The minimum absolute atomic E-state index is 0.0596. The van der Waals surface area contributed by atoms with Gasteiger partial charge in [-0.2, -0.15) is 0 Å². The Morgan fingerprint density at radius 1 is 1.21 bits per heavy atom. The van der Waals surface area contributed by atoms with Crippen molar-refractivity contribution < 1.29 is 19.2 Å². The van der Waals surface area contributed by atoms with Gasteiger partial charge in [0.2, 0.25) is 0 Å². The molecule has 1 amide bonds. The minimum atomic E-state index is -0.607. The predicted octanol–water partition coefficient (Wildman–Crippen LogP) is 3.28. The van der Waals surface area contributed by atoms with Crippen molar-refractivity contribution in [3.63, 3.8) is 0 Å². The zero-order valence-corrected chi connectivity index (χ0v) is 13.7. The van der Waals surface area contributed by atoms with Gasteiger partial charge in [-0.05, 0) is 19.1 Å². The molecule has 0 unspecified atom stereocenters. The lowest BCUT2D eigenvalue weighted by Crippen LogP contribution is -2.27. The van der Waals surface area contributed by atoms with Crippen LogP contribution in [0.15, 0.2) is 42.5 Å².